The summed E-state index contributed by atoms with van der Waals surface area (Å²) in [7, 11) is 0. The molecule has 0 heterocycles. The number of ether oxygens (including phenoxy) is 1. The van der Waals surface area contributed by atoms with Gasteiger partial charge in [-0.25, -0.2) is 10.2 Å². The highest BCUT2D eigenvalue weighted by Crippen LogP contribution is 2.21. The van der Waals surface area contributed by atoms with Crippen molar-refractivity contribution < 1.29 is 19.7 Å². The Bertz CT molecular complexity index is 427. The molecule has 100 valence electrons. The minimum atomic E-state index is -0.597. The first-order chi connectivity index (χ1) is 8.28. The fourth-order valence-electron chi connectivity index (χ4n) is 1.22. The zero-order chi connectivity index (χ0) is 13.8. The monoisotopic (exact) mass is 254 g/mol. The number of benzene rings is 1. The average molecular weight is 254 g/mol. The second-order valence-corrected chi connectivity index (χ2v) is 4.79. The summed E-state index contributed by atoms with van der Waals surface area (Å²) in [5, 5.41) is 18.6. The summed E-state index contributed by atoms with van der Waals surface area (Å²) in [6.07, 6.45) is -0.597. The normalized spacial score (nSPS) is 11.1. The summed E-state index contributed by atoms with van der Waals surface area (Å²) in [6.45, 7) is 5.50. The molecule has 0 aromatic heterocycles. The molecule has 0 saturated heterocycles. The number of carbonyl (C=O) groups excluding carboxylic acids is 1. The lowest BCUT2D eigenvalue weighted by atomic mass is 10.2. The number of phenols is 2. The van der Waals surface area contributed by atoms with Gasteiger partial charge in [0.1, 0.15) is 17.1 Å². The Labute approximate surface area is 106 Å². The Kier molecular flexibility index (Phi) is 4.38. The maximum absolute atomic E-state index is 11.3. The third-order valence-electron chi connectivity index (χ3n) is 1.94. The number of nitrogens with one attached hydrogen (secondary N) is 2. The molecule has 6 nitrogen and oxygen atoms in total. The van der Waals surface area contributed by atoms with Gasteiger partial charge in [0.25, 0.3) is 0 Å². The lowest BCUT2D eigenvalue weighted by Gasteiger charge is -2.19. The Morgan fingerprint density at radius 3 is 2.56 bits per heavy atom. The number of hydrazine groups is 1. The number of hydrogen-bond donors (Lipinski definition) is 4. The van der Waals surface area contributed by atoms with Crippen LogP contribution >= 0.6 is 0 Å². The first kappa shape index (κ1) is 14.1. The van der Waals surface area contributed by atoms with E-state index < -0.39 is 11.7 Å². The summed E-state index contributed by atoms with van der Waals surface area (Å²) < 4.78 is 5.01. The van der Waals surface area contributed by atoms with Crippen LogP contribution in [-0.2, 0) is 11.3 Å². The number of hydrogen-bond acceptors (Lipinski definition) is 5. The highest BCUT2D eigenvalue weighted by atomic mass is 16.6. The number of phenolic OH excluding ortho intramolecular Hbond substituents is 2. The van der Waals surface area contributed by atoms with Crippen LogP contribution in [0.2, 0.25) is 0 Å². The van der Waals surface area contributed by atoms with Crippen LogP contribution in [0.3, 0.4) is 0 Å². The van der Waals surface area contributed by atoms with E-state index in [0.29, 0.717) is 5.56 Å². The first-order valence-electron chi connectivity index (χ1n) is 5.50. The molecule has 0 fully saturated rings. The van der Waals surface area contributed by atoms with E-state index in [1.54, 1.807) is 26.8 Å². The van der Waals surface area contributed by atoms with Gasteiger partial charge in [0.15, 0.2) is 0 Å². The number of amides is 1. The number of aromatic hydroxyl groups is 2. The van der Waals surface area contributed by atoms with Crippen LogP contribution in [-0.4, -0.2) is 21.9 Å². The van der Waals surface area contributed by atoms with E-state index in [4.69, 9.17) is 9.84 Å². The molecule has 0 spiro atoms. The third kappa shape index (κ3) is 4.92. The van der Waals surface area contributed by atoms with E-state index in [2.05, 4.69) is 10.9 Å². The maximum atomic E-state index is 11.3. The van der Waals surface area contributed by atoms with Gasteiger partial charge in [0.05, 0.1) is 0 Å². The van der Waals surface area contributed by atoms with Crippen molar-refractivity contribution in [3.63, 3.8) is 0 Å². The average Bonchev–Trinajstić information content (AvgIpc) is 2.18. The van der Waals surface area contributed by atoms with Crippen LogP contribution in [0.25, 0.3) is 0 Å². The van der Waals surface area contributed by atoms with Crippen LogP contribution in [0.1, 0.15) is 26.3 Å². The van der Waals surface area contributed by atoms with Gasteiger partial charge in [-0.1, -0.05) is 6.07 Å². The summed E-state index contributed by atoms with van der Waals surface area (Å²) in [5.41, 5.74) is 4.95. The van der Waals surface area contributed by atoms with E-state index in [1.165, 1.54) is 12.1 Å². The highest BCUT2D eigenvalue weighted by Gasteiger charge is 2.15. The molecular formula is C12H18N2O4. The van der Waals surface area contributed by atoms with Crippen molar-refractivity contribution in [2.45, 2.75) is 32.9 Å². The van der Waals surface area contributed by atoms with Gasteiger partial charge in [-0.3, -0.25) is 5.43 Å². The predicted octanol–water partition coefficient (Wildman–Crippen LogP) is 1.63. The molecular weight excluding hydrogens is 236 g/mol. The molecule has 0 aliphatic rings. The van der Waals surface area contributed by atoms with Crippen LogP contribution in [0.4, 0.5) is 4.79 Å². The van der Waals surface area contributed by atoms with Crippen LogP contribution in [0.15, 0.2) is 18.2 Å². The minimum Gasteiger partial charge on any atom is -0.508 e. The van der Waals surface area contributed by atoms with Crippen LogP contribution in [0, 0.1) is 0 Å². The number of carbonyl (C=O) groups is 1. The summed E-state index contributed by atoms with van der Waals surface area (Å²) in [4.78, 5) is 11.3. The lowest BCUT2D eigenvalue weighted by molar-refractivity contribution is 0.0496. The zero-order valence-corrected chi connectivity index (χ0v) is 10.7. The van der Waals surface area contributed by atoms with E-state index >= 15 is 0 Å². The van der Waals surface area contributed by atoms with Crippen LogP contribution in [0.5, 0.6) is 11.5 Å². The van der Waals surface area contributed by atoms with Gasteiger partial charge in [0.2, 0.25) is 0 Å². The van der Waals surface area contributed by atoms with Crippen molar-refractivity contribution in [1.82, 2.24) is 10.9 Å². The largest absolute Gasteiger partial charge is 0.508 e. The van der Waals surface area contributed by atoms with Crippen molar-refractivity contribution in [3.8, 4) is 11.5 Å². The quantitative estimate of drug-likeness (QED) is 0.615. The lowest BCUT2D eigenvalue weighted by Crippen LogP contribution is -2.40. The molecule has 0 aliphatic carbocycles. The van der Waals surface area contributed by atoms with Gasteiger partial charge in [-0.2, -0.15) is 0 Å². The zero-order valence-electron chi connectivity index (χ0n) is 10.7. The molecule has 0 radical (unpaired) electrons. The number of rotatable bonds is 3. The van der Waals surface area contributed by atoms with Gasteiger partial charge in [-0.05, 0) is 26.8 Å². The smallest absolute Gasteiger partial charge is 0.422 e. The topological polar surface area (TPSA) is 90.8 Å². The first-order valence-corrected chi connectivity index (χ1v) is 5.50. The molecule has 0 unspecified atom stereocenters. The maximum Gasteiger partial charge on any atom is 0.422 e. The van der Waals surface area contributed by atoms with Crippen molar-refractivity contribution in [2.24, 2.45) is 0 Å². The third-order valence-corrected chi connectivity index (χ3v) is 1.94. The Hall–Kier alpha value is -1.95. The fraction of sp³-hybridized carbons (Fsp3) is 0.417. The molecule has 1 aromatic carbocycles. The molecule has 1 amide bonds. The Balaban J connectivity index is 2.40. The SMILES string of the molecule is CC(C)(C)OC(=O)NNCc1ccc(O)cc1O. The second-order valence-electron chi connectivity index (χ2n) is 4.79. The van der Waals surface area contributed by atoms with Gasteiger partial charge >= 0.3 is 6.09 Å². The van der Waals surface area contributed by atoms with Gasteiger partial charge in [0, 0.05) is 18.2 Å². The molecule has 1 rings (SSSR count). The van der Waals surface area contributed by atoms with Gasteiger partial charge in [-0.15, -0.1) is 0 Å². The minimum absolute atomic E-state index is 0.0173. The molecule has 4 N–H and O–H groups in total. The summed E-state index contributed by atoms with van der Waals surface area (Å²) in [6, 6.07) is 4.23. The van der Waals surface area contributed by atoms with E-state index in [9.17, 15) is 9.90 Å². The standard InChI is InChI=1S/C12H18N2O4/c1-12(2,3)18-11(17)14-13-7-8-4-5-9(15)6-10(8)16/h4-6,13,15-16H,7H2,1-3H3,(H,14,17). The molecule has 0 atom stereocenters. The van der Waals surface area contributed by atoms with E-state index in [1.807, 2.05) is 0 Å². The Morgan fingerprint density at radius 2 is 2.00 bits per heavy atom. The Morgan fingerprint density at radius 1 is 1.33 bits per heavy atom. The fourth-order valence-corrected chi connectivity index (χ4v) is 1.22. The molecule has 0 aliphatic heterocycles. The molecule has 0 bridgehead atoms. The predicted molar refractivity (Wildman–Crippen MR) is 66.0 cm³/mol. The molecule has 6 heteroatoms. The van der Waals surface area contributed by atoms with Crippen molar-refractivity contribution in [2.75, 3.05) is 0 Å². The van der Waals surface area contributed by atoms with Crippen molar-refractivity contribution >= 4 is 6.09 Å². The molecule has 1 aromatic rings. The van der Waals surface area contributed by atoms with Crippen LogP contribution < -0.4 is 10.9 Å². The van der Waals surface area contributed by atoms with E-state index in [-0.39, 0.29) is 18.0 Å². The second kappa shape index (κ2) is 5.59. The summed E-state index contributed by atoms with van der Waals surface area (Å²) in [5.74, 6) is -0.0650. The van der Waals surface area contributed by atoms with Gasteiger partial charge < -0.3 is 14.9 Å². The molecule has 0 saturated carbocycles. The van der Waals surface area contributed by atoms with E-state index in [0.717, 1.165) is 0 Å². The van der Waals surface area contributed by atoms with Crippen molar-refractivity contribution in [3.05, 3.63) is 23.8 Å². The highest BCUT2D eigenvalue weighted by molar-refractivity contribution is 5.67. The van der Waals surface area contributed by atoms with Crippen molar-refractivity contribution in [1.29, 1.82) is 0 Å². The summed E-state index contributed by atoms with van der Waals surface area (Å²) >= 11 is 0. The molecule has 18 heavy (non-hydrogen) atoms.